The molecule has 0 saturated carbocycles. The van der Waals surface area contributed by atoms with E-state index in [9.17, 15) is 9.59 Å². The first-order valence-electron chi connectivity index (χ1n) is 5.61. The zero-order chi connectivity index (χ0) is 13.4. The average molecular weight is 246 g/mol. The lowest BCUT2D eigenvalue weighted by Gasteiger charge is -2.22. The summed E-state index contributed by atoms with van der Waals surface area (Å²) < 4.78 is 5.00. The molecular formula is C11H22N2O4. The SMILES string of the molecule is CC(C)COC(=O)N(CCN(C)C)CC(=O)O. The van der Waals surface area contributed by atoms with E-state index >= 15 is 0 Å². The van der Waals surface area contributed by atoms with Crippen molar-refractivity contribution in [2.75, 3.05) is 40.3 Å². The molecule has 0 aromatic carbocycles. The number of nitrogens with zero attached hydrogens (tertiary/aromatic N) is 2. The number of likely N-dealkylation sites (N-methyl/N-ethyl adjacent to an activating group) is 1. The first-order valence-corrected chi connectivity index (χ1v) is 5.61. The van der Waals surface area contributed by atoms with E-state index in [0.29, 0.717) is 19.7 Å². The highest BCUT2D eigenvalue weighted by Gasteiger charge is 2.18. The molecule has 0 aliphatic heterocycles. The van der Waals surface area contributed by atoms with E-state index in [2.05, 4.69) is 0 Å². The summed E-state index contributed by atoms with van der Waals surface area (Å²) in [5.74, 6) is -0.801. The molecule has 0 spiro atoms. The summed E-state index contributed by atoms with van der Waals surface area (Å²) in [6.45, 7) is 4.77. The molecule has 0 aliphatic carbocycles. The van der Waals surface area contributed by atoms with Crippen molar-refractivity contribution in [1.29, 1.82) is 0 Å². The number of aliphatic carboxylic acids is 1. The number of carbonyl (C=O) groups is 2. The van der Waals surface area contributed by atoms with Crippen LogP contribution >= 0.6 is 0 Å². The molecule has 0 saturated heterocycles. The maximum Gasteiger partial charge on any atom is 0.410 e. The summed E-state index contributed by atoms with van der Waals surface area (Å²) in [7, 11) is 3.72. The Labute approximate surface area is 102 Å². The number of hydrogen-bond donors (Lipinski definition) is 1. The Hall–Kier alpha value is -1.30. The molecular weight excluding hydrogens is 224 g/mol. The third kappa shape index (κ3) is 8.50. The molecule has 1 amide bonds. The molecule has 0 rings (SSSR count). The molecule has 0 aliphatic rings. The largest absolute Gasteiger partial charge is 0.480 e. The van der Waals surface area contributed by atoms with Crippen LogP contribution in [-0.2, 0) is 9.53 Å². The minimum absolute atomic E-state index is 0.236. The Morgan fingerprint density at radius 1 is 1.24 bits per heavy atom. The van der Waals surface area contributed by atoms with E-state index in [1.165, 1.54) is 4.90 Å². The van der Waals surface area contributed by atoms with Crippen LogP contribution in [0, 0.1) is 5.92 Å². The predicted molar refractivity (Wildman–Crippen MR) is 63.9 cm³/mol. The van der Waals surface area contributed by atoms with E-state index in [0.717, 1.165) is 0 Å². The fourth-order valence-corrected chi connectivity index (χ4v) is 1.05. The lowest BCUT2D eigenvalue weighted by atomic mass is 10.2. The van der Waals surface area contributed by atoms with E-state index in [1.807, 2.05) is 32.8 Å². The fourth-order valence-electron chi connectivity index (χ4n) is 1.05. The molecule has 100 valence electrons. The van der Waals surface area contributed by atoms with Gasteiger partial charge in [0, 0.05) is 13.1 Å². The van der Waals surface area contributed by atoms with Gasteiger partial charge in [-0.25, -0.2) is 4.79 Å². The van der Waals surface area contributed by atoms with Gasteiger partial charge in [-0.1, -0.05) is 13.8 Å². The molecule has 0 unspecified atom stereocenters. The molecule has 0 fully saturated rings. The number of carboxylic acids is 1. The molecule has 0 aromatic heterocycles. The third-order valence-corrected chi connectivity index (χ3v) is 1.94. The van der Waals surface area contributed by atoms with E-state index < -0.39 is 12.1 Å². The van der Waals surface area contributed by atoms with Crippen LogP contribution in [0.15, 0.2) is 0 Å². The Morgan fingerprint density at radius 3 is 2.24 bits per heavy atom. The topological polar surface area (TPSA) is 70.1 Å². The maximum absolute atomic E-state index is 11.6. The first kappa shape index (κ1) is 15.7. The molecule has 6 heteroatoms. The summed E-state index contributed by atoms with van der Waals surface area (Å²) in [5, 5.41) is 8.71. The van der Waals surface area contributed by atoms with Crippen molar-refractivity contribution < 1.29 is 19.4 Å². The van der Waals surface area contributed by atoms with Gasteiger partial charge < -0.3 is 14.7 Å². The van der Waals surface area contributed by atoms with E-state index in [1.54, 1.807) is 0 Å². The highest BCUT2D eigenvalue weighted by atomic mass is 16.6. The lowest BCUT2D eigenvalue weighted by molar-refractivity contribution is -0.138. The molecule has 0 bridgehead atoms. The van der Waals surface area contributed by atoms with Crippen LogP contribution in [0.25, 0.3) is 0 Å². The molecule has 0 atom stereocenters. The van der Waals surface area contributed by atoms with E-state index in [-0.39, 0.29) is 12.5 Å². The number of rotatable bonds is 7. The summed E-state index contributed by atoms with van der Waals surface area (Å²) in [6.07, 6.45) is -0.567. The third-order valence-electron chi connectivity index (χ3n) is 1.94. The monoisotopic (exact) mass is 246 g/mol. The fraction of sp³-hybridized carbons (Fsp3) is 0.818. The zero-order valence-electron chi connectivity index (χ0n) is 11.0. The maximum atomic E-state index is 11.6. The summed E-state index contributed by atoms with van der Waals surface area (Å²) >= 11 is 0. The van der Waals surface area contributed by atoms with E-state index in [4.69, 9.17) is 9.84 Å². The molecule has 1 N–H and O–H groups in total. The second kappa shape index (κ2) is 7.89. The van der Waals surface area contributed by atoms with Gasteiger partial charge in [-0.15, -0.1) is 0 Å². The summed E-state index contributed by atoms with van der Waals surface area (Å²) in [4.78, 5) is 25.3. The van der Waals surface area contributed by atoms with Crippen molar-refractivity contribution in [2.24, 2.45) is 5.92 Å². The summed E-state index contributed by atoms with van der Waals surface area (Å²) in [5.41, 5.74) is 0. The highest BCUT2D eigenvalue weighted by Crippen LogP contribution is 1.99. The number of amides is 1. The molecule has 0 aromatic rings. The molecule has 6 nitrogen and oxygen atoms in total. The quantitative estimate of drug-likeness (QED) is 0.717. The van der Waals surface area contributed by atoms with Gasteiger partial charge in [0.1, 0.15) is 6.54 Å². The van der Waals surface area contributed by atoms with Crippen molar-refractivity contribution >= 4 is 12.1 Å². The van der Waals surface area contributed by atoms with Crippen LogP contribution in [0.2, 0.25) is 0 Å². The van der Waals surface area contributed by atoms with Crippen LogP contribution in [0.5, 0.6) is 0 Å². The molecule has 0 heterocycles. The van der Waals surface area contributed by atoms with Crippen LogP contribution in [-0.4, -0.2) is 67.3 Å². The standard InChI is InChI=1S/C11H22N2O4/c1-9(2)8-17-11(16)13(7-10(14)15)6-5-12(3)4/h9H,5-8H2,1-4H3,(H,14,15). The summed E-state index contributed by atoms with van der Waals surface area (Å²) in [6, 6.07) is 0. The van der Waals surface area contributed by atoms with Gasteiger partial charge in [-0.2, -0.15) is 0 Å². The van der Waals surface area contributed by atoms with Crippen LogP contribution in [0.4, 0.5) is 4.79 Å². The molecule has 0 radical (unpaired) electrons. The van der Waals surface area contributed by atoms with Crippen molar-refractivity contribution in [2.45, 2.75) is 13.8 Å². The lowest BCUT2D eigenvalue weighted by Crippen LogP contribution is -2.40. The molecule has 17 heavy (non-hydrogen) atoms. The zero-order valence-corrected chi connectivity index (χ0v) is 11.0. The minimum Gasteiger partial charge on any atom is -0.480 e. The van der Waals surface area contributed by atoms with Crippen LogP contribution in [0.3, 0.4) is 0 Å². The Bertz CT molecular complexity index is 254. The van der Waals surface area contributed by atoms with Gasteiger partial charge >= 0.3 is 12.1 Å². The van der Waals surface area contributed by atoms with Crippen molar-refractivity contribution in [3.8, 4) is 0 Å². The minimum atomic E-state index is -1.04. The van der Waals surface area contributed by atoms with Gasteiger partial charge in [0.2, 0.25) is 0 Å². The van der Waals surface area contributed by atoms with Crippen LogP contribution in [0.1, 0.15) is 13.8 Å². The smallest absolute Gasteiger partial charge is 0.410 e. The van der Waals surface area contributed by atoms with Gasteiger partial charge in [-0.3, -0.25) is 9.69 Å². The van der Waals surface area contributed by atoms with Gasteiger partial charge in [0.15, 0.2) is 0 Å². The predicted octanol–water partition coefficient (Wildman–Crippen LogP) is 0.727. The number of carboxylic acid groups (broad SMARTS) is 1. The van der Waals surface area contributed by atoms with Gasteiger partial charge in [0.25, 0.3) is 0 Å². The average Bonchev–Trinajstić information content (AvgIpc) is 2.19. The van der Waals surface area contributed by atoms with Crippen molar-refractivity contribution in [3.05, 3.63) is 0 Å². The first-order chi connectivity index (χ1) is 7.82. The Kier molecular flexibility index (Phi) is 7.29. The van der Waals surface area contributed by atoms with Gasteiger partial charge in [-0.05, 0) is 20.0 Å². The number of hydrogen-bond acceptors (Lipinski definition) is 4. The second-order valence-electron chi connectivity index (χ2n) is 4.59. The van der Waals surface area contributed by atoms with Crippen molar-refractivity contribution in [1.82, 2.24) is 9.80 Å². The highest BCUT2D eigenvalue weighted by molar-refractivity contribution is 5.76. The van der Waals surface area contributed by atoms with Crippen LogP contribution < -0.4 is 0 Å². The normalized spacial score (nSPS) is 10.7. The van der Waals surface area contributed by atoms with Crippen molar-refractivity contribution in [3.63, 3.8) is 0 Å². The Morgan fingerprint density at radius 2 is 1.82 bits per heavy atom. The Balaban J connectivity index is 4.24. The number of carbonyl (C=O) groups excluding carboxylic acids is 1. The second-order valence-corrected chi connectivity index (χ2v) is 4.59. The van der Waals surface area contributed by atoms with Gasteiger partial charge in [0.05, 0.1) is 6.61 Å². The number of ether oxygens (including phenoxy) is 1.